The molecule has 0 bridgehead atoms. The highest BCUT2D eigenvalue weighted by Crippen LogP contribution is 2.21. The standard InChI is InChI=1S/C13H16F3N3O2/c1-9-7-18(2-3-19(9)8-13(14,15)16)12(21)10-4-11(20)6-17-5-10/h4-6,9,20H,2-3,7-8H2,1H3. The van der Waals surface area contributed by atoms with Gasteiger partial charge in [0, 0.05) is 31.9 Å². The van der Waals surface area contributed by atoms with Crippen LogP contribution in [-0.2, 0) is 0 Å². The minimum atomic E-state index is -4.24. The number of amides is 1. The summed E-state index contributed by atoms with van der Waals surface area (Å²) in [7, 11) is 0. The lowest BCUT2D eigenvalue weighted by Crippen LogP contribution is -2.55. The van der Waals surface area contributed by atoms with E-state index in [1.807, 2.05) is 0 Å². The lowest BCUT2D eigenvalue weighted by Gasteiger charge is -2.40. The number of pyridine rings is 1. The molecule has 0 radical (unpaired) electrons. The molecule has 1 amide bonds. The SMILES string of the molecule is CC1CN(C(=O)c2cncc(O)c2)CCN1CC(F)(F)F. The molecular weight excluding hydrogens is 287 g/mol. The van der Waals surface area contributed by atoms with E-state index in [4.69, 9.17) is 0 Å². The Morgan fingerprint density at radius 3 is 2.71 bits per heavy atom. The van der Waals surface area contributed by atoms with Gasteiger partial charge in [0.15, 0.2) is 0 Å². The molecule has 2 rings (SSSR count). The quantitative estimate of drug-likeness (QED) is 0.899. The number of piperazine rings is 1. The second kappa shape index (κ2) is 5.88. The number of rotatable bonds is 2. The largest absolute Gasteiger partial charge is 0.506 e. The molecule has 1 saturated heterocycles. The van der Waals surface area contributed by atoms with Gasteiger partial charge in [-0.3, -0.25) is 14.7 Å². The van der Waals surface area contributed by atoms with E-state index in [2.05, 4.69) is 4.98 Å². The van der Waals surface area contributed by atoms with Crippen molar-refractivity contribution in [3.8, 4) is 5.75 Å². The number of carbonyl (C=O) groups is 1. The smallest absolute Gasteiger partial charge is 0.401 e. The van der Waals surface area contributed by atoms with Crippen LogP contribution in [0.15, 0.2) is 18.5 Å². The fraction of sp³-hybridized carbons (Fsp3) is 0.538. The van der Waals surface area contributed by atoms with Crippen molar-refractivity contribution in [1.82, 2.24) is 14.8 Å². The second-order valence-electron chi connectivity index (χ2n) is 5.12. The van der Waals surface area contributed by atoms with Crippen molar-refractivity contribution < 1.29 is 23.1 Å². The third-order valence-corrected chi connectivity index (χ3v) is 3.41. The summed E-state index contributed by atoms with van der Waals surface area (Å²) < 4.78 is 37.3. The number of hydrogen-bond acceptors (Lipinski definition) is 4. The van der Waals surface area contributed by atoms with Gasteiger partial charge in [-0.15, -0.1) is 0 Å². The van der Waals surface area contributed by atoms with E-state index in [1.54, 1.807) is 6.92 Å². The number of hydrogen-bond donors (Lipinski definition) is 1. The molecule has 2 heterocycles. The summed E-state index contributed by atoms with van der Waals surface area (Å²) in [5.41, 5.74) is 0.228. The number of aromatic hydroxyl groups is 1. The lowest BCUT2D eigenvalue weighted by molar-refractivity contribution is -0.153. The molecule has 1 atom stereocenters. The van der Waals surface area contributed by atoms with Gasteiger partial charge in [-0.2, -0.15) is 13.2 Å². The predicted octanol–water partition coefficient (Wildman–Crippen LogP) is 1.50. The van der Waals surface area contributed by atoms with E-state index >= 15 is 0 Å². The Kier molecular flexibility index (Phi) is 4.36. The summed E-state index contributed by atoms with van der Waals surface area (Å²) in [6, 6.07) is 0.914. The summed E-state index contributed by atoms with van der Waals surface area (Å²) in [5, 5.41) is 9.32. The van der Waals surface area contributed by atoms with Crippen molar-refractivity contribution in [3.63, 3.8) is 0 Å². The summed E-state index contributed by atoms with van der Waals surface area (Å²) in [6.07, 6.45) is -1.70. The molecule has 0 saturated carbocycles. The average molecular weight is 303 g/mol. The normalized spacial score (nSPS) is 20.6. The summed E-state index contributed by atoms with van der Waals surface area (Å²) >= 11 is 0. The zero-order valence-corrected chi connectivity index (χ0v) is 11.5. The van der Waals surface area contributed by atoms with E-state index in [-0.39, 0.29) is 42.9 Å². The number of aromatic nitrogens is 1. The Labute approximate surface area is 120 Å². The van der Waals surface area contributed by atoms with Crippen LogP contribution in [0.4, 0.5) is 13.2 Å². The van der Waals surface area contributed by atoms with Gasteiger partial charge in [0.05, 0.1) is 18.3 Å². The molecule has 1 N–H and O–H groups in total. The number of carbonyl (C=O) groups excluding carboxylic acids is 1. The Morgan fingerprint density at radius 2 is 2.14 bits per heavy atom. The average Bonchev–Trinajstić information content (AvgIpc) is 2.39. The van der Waals surface area contributed by atoms with Crippen LogP contribution in [0.5, 0.6) is 5.75 Å². The van der Waals surface area contributed by atoms with Crippen LogP contribution >= 0.6 is 0 Å². The van der Waals surface area contributed by atoms with E-state index in [1.165, 1.54) is 28.3 Å². The van der Waals surface area contributed by atoms with Gasteiger partial charge in [0.25, 0.3) is 5.91 Å². The second-order valence-corrected chi connectivity index (χ2v) is 5.12. The fourth-order valence-corrected chi connectivity index (χ4v) is 2.37. The molecule has 0 spiro atoms. The molecule has 116 valence electrons. The molecular formula is C13H16F3N3O2. The van der Waals surface area contributed by atoms with Gasteiger partial charge in [0.2, 0.25) is 0 Å². The molecule has 1 aromatic rings. The van der Waals surface area contributed by atoms with Crippen LogP contribution < -0.4 is 0 Å². The predicted molar refractivity (Wildman–Crippen MR) is 68.9 cm³/mol. The minimum Gasteiger partial charge on any atom is -0.506 e. The number of halogens is 3. The lowest BCUT2D eigenvalue weighted by atomic mass is 10.1. The van der Waals surface area contributed by atoms with Crippen molar-refractivity contribution in [3.05, 3.63) is 24.0 Å². The number of alkyl halides is 3. The van der Waals surface area contributed by atoms with Gasteiger partial charge in [0.1, 0.15) is 5.75 Å². The van der Waals surface area contributed by atoms with E-state index in [0.29, 0.717) is 0 Å². The Bertz CT molecular complexity index is 522. The van der Waals surface area contributed by atoms with E-state index in [9.17, 15) is 23.1 Å². The maximum absolute atomic E-state index is 12.4. The highest BCUT2D eigenvalue weighted by Gasteiger charge is 2.36. The minimum absolute atomic E-state index is 0.121. The Balaban J connectivity index is 2.00. The van der Waals surface area contributed by atoms with Crippen LogP contribution in [0.2, 0.25) is 0 Å². The molecule has 1 aromatic heterocycles. The van der Waals surface area contributed by atoms with Crippen LogP contribution in [-0.4, -0.2) is 64.2 Å². The fourth-order valence-electron chi connectivity index (χ4n) is 2.37. The van der Waals surface area contributed by atoms with Crippen molar-refractivity contribution in [2.75, 3.05) is 26.2 Å². The Hall–Kier alpha value is -1.83. The maximum Gasteiger partial charge on any atom is 0.401 e. The highest BCUT2D eigenvalue weighted by atomic mass is 19.4. The van der Waals surface area contributed by atoms with Gasteiger partial charge >= 0.3 is 6.18 Å². The molecule has 1 aliphatic rings. The molecule has 1 fully saturated rings. The zero-order valence-electron chi connectivity index (χ0n) is 11.5. The zero-order chi connectivity index (χ0) is 15.6. The summed E-state index contributed by atoms with van der Waals surface area (Å²) in [6.45, 7) is 1.29. The molecule has 21 heavy (non-hydrogen) atoms. The summed E-state index contributed by atoms with van der Waals surface area (Å²) in [5.74, 6) is -0.457. The van der Waals surface area contributed by atoms with Gasteiger partial charge in [-0.05, 0) is 13.0 Å². The van der Waals surface area contributed by atoms with Crippen LogP contribution in [0.1, 0.15) is 17.3 Å². The van der Waals surface area contributed by atoms with Crippen molar-refractivity contribution in [1.29, 1.82) is 0 Å². The van der Waals surface area contributed by atoms with E-state index < -0.39 is 12.7 Å². The first kappa shape index (κ1) is 15.6. The molecule has 0 aliphatic carbocycles. The molecule has 5 nitrogen and oxygen atoms in total. The molecule has 1 aliphatic heterocycles. The van der Waals surface area contributed by atoms with Crippen LogP contribution in [0.3, 0.4) is 0 Å². The van der Waals surface area contributed by atoms with E-state index in [0.717, 1.165) is 0 Å². The van der Waals surface area contributed by atoms with Gasteiger partial charge < -0.3 is 10.0 Å². The monoisotopic (exact) mass is 303 g/mol. The van der Waals surface area contributed by atoms with Gasteiger partial charge in [-0.25, -0.2) is 0 Å². The highest BCUT2D eigenvalue weighted by molar-refractivity contribution is 5.94. The molecule has 1 unspecified atom stereocenters. The van der Waals surface area contributed by atoms with Crippen LogP contribution in [0.25, 0.3) is 0 Å². The molecule has 8 heteroatoms. The summed E-state index contributed by atoms with van der Waals surface area (Å²) in [4.78, 5) is 18.7. The topological polar surface area (TPSA) is 56.7 Å². The first-order chi connectivity index (χ1) is 9.76. The number of nitrogens with zero attached hydrogens (tertiary/aromatic N) is 3. The van der Waals surface area contributed by atoms with Crippen molar-refractivity contribution >= 4 is 5.91 Å². The molecule has 0 aromatic carbocycles. The van der Waals surface area contributed by atoms with Gasteiger partial charge in [-0.1, -0.05) is 0 Å². The van der Waals surface area contributed by atoms with Crippen molar-refractivity contribution in [2.24, 2.45) is 0 Å². The Morgan fingerprint density at radius 1 is 1.43 bits per heavy atom. The third-order valence-electron chi connectivity index (χ3n) is 3.41. The van der Waals surface area contributed by atoms with Crippen molar-refractivity contribution in [2.45, 2.75) is 19.1 Å². The third kappa shape index (κ3) is 4.07. The first-order valence-corrected chi connectivity index (χ1v) is 6.50. The van der Waals surface area contributed by atoms with Crippen LogP contribution in [0, 0.1) is 0 Å². The maximum atomic E-state index is 12.4. The first-order valence-electron chi connectivity index (χ1n) is 6.50.